The third-order valence-electron chi connectivity index (χ3n) is 3.97. The number of amides is 3. The second-order valence-electron chi connectivity index (χ2n) is 6.03. The Balaban J connectivity index is 1.89. The smallest absolute Gasteiger partial charge is 0.325 e. The van der Waals surface area contributed by atoms with Gasteiger partial charge in [-0.15, -0.1) is 0 Å². The molecule has 3 amide bonds. The van der Waals surface area contributed by atoms with Gasteiger partial charge in [0.05, 0.1) is 0 Å². The molecule has 2 aliphatic heterocycles. The van der Waals surface area contributed by atoms with E-state index in [0.717, 1.165) is 22.1 Å². The first-order valence-electron chi connectivity index (χ1n) is 7.70. The number of likely N-dealkylation sites (N-methyl/N-ethyl adjacent to an activating group) is 1. The molecule has 0 bridgehead atoms. The fraction of sp³-hybridized carbons (Fsp3) is 0.353. The molecular weight excluding hydrogens is 324 g/mol. The summed E-state index contributed by atoms with van der Waals surface area (Å²) < 4.78 is 0. The van der Waals surface area contributed by atoms with Crippen LogP contribution in [0, 0.1) is 0 Å². The summed E-state index contributed by atoms with van der Waals surface area (Å²) in [5.41, 5.74) is 2.13. The summed E-state index contributed by atoms with van der Waals surface area (Å²) in [7, 11) is 1.66. The molecule has 2 aliphatic rings. The summed E-state index contributed by atoms with van der Waals surface area (Å²) >= 11 is 1.55. The molecule has 0 aliphatic carbocycles. The minimum Gasteiger partial charge on any atom is -0.331 e. The Hall–Kier alpha value is -2.28. The van der Waals surface area contributed by atoms with E-state index in [4.69, 9.17) is 0 Å². The predicted octanol–water partition coefficient (Wildman–Crippen LogP) is 2.04. The van der Waals surface area contributed by atoms with Crippen molar-refractivity contribution in [2.24, 2.45) is 4.99 Å². The minimum atomic E-state index is -0.500. The highest BCUT2D eigenvalue weighted by Gasteiger charge is 2.48. The molecule has 0 aromatic heterocycles. The minimum absolute atomic E-state index is 0.297. The molecular formula is C17H20N4O2S. The number of rotatable bonds is 4. The fourth-order valence-electron chi connectivity index (χ4n) is 2.75. The number of nitrogens with one attached hydrogen (secondary N) is 1. The molecule has 3 rings (SSSR count). The molecule has 0 saturated carbocycles. The molecule has 2 heterocycles. The SMILES string of the molecule is C=C(C)CSC1=NC2C(C(=O)NC(=O)N2C)N1Cc1ccccc1. The van der Waals surface area contributed by atoms with Crippen LogP contribution in [-0.4, -0.2) is 51.9 Å². The van der Waals surface area contributed by atoms with E-state index in [1.54, 1.807) is 18.8 Å². The zero-order valence-electron chi connectivity index (χ0n) is 13.7. The molecule has 0 radical (unpaired) electrons. The average Bonchev–Trinajstić information content (AvgIpc) is 2.91. The molecule has 1 N–H and O–H groups in total. The van der Waals surface area contributed by atoms with Crippen LogP contribution in [0.4, 0.5) is 4.79 Å². The van der Waals surface area contributed by atoms with Crippen LogP contribution in [0.2, 0.25) is 0 Å². The number of amidine groups is 1. The van der Waals surface area contributed by atoms with Crippen molar-refractivity contribution in [3.8, 4) is 0 Å². The van der Waals surface area contributed by atoms with Gasteiger partial charge in [-0.2, -0.15) is 0 Å². The number of benzene rings is 1. The normalized spacial score (nSPS) is 23.0. The van der Waals surface area contributed by atoms with Crippen molar-refractivity contribution in [2.75, 3.05) is 12.8 Å². The number of nitrogens with zero attached hydrogens (tertiary/aromatic N) is 3. The number of hydrogen-bond acceptors (Lipinski definition) is 5. The van der Waals surface area contributed by atoms with Crippen molar-refractivity contribution < 1.29 is 9.59 Å². The first kappa shape index (κ1) is 16.6. The predicted molar refractivity (Wildman–Crippen MR) is 95.6 cm³/mol. The Morgan fingerprint density at radius 2 is 2.04 bits per heavy atom. The van der Waals surface area contributed by atoms with Gasteiger partial charge in [0.2, 0.25) is 0 Å². The van der Waals surface area contributed by atoms with E-state index in [2.05, 4.69) is 16.9 Å². The number of hydrogen-bond donors (Lipinski definition) is 1. The van der Waals surface area contributed by atoms with Crippen LogP contribution >= 0.6 is 11.8 Å². The summed E-state index contributed by atoms with van der Waals surface area (Å²) in [6, 6.07) is 9.03. The number of aliphatic imine (C=N–C) groups is 1. The third kappa shape index (κ3) is 3.17. The maximum atomic E-state index is 12.4. The highest BCUT2D eigenvalue weighted by molar-refractivity contribution is 8.13. The van der Waals surface area contributed by atoms with Crippen LogP contribution in [0.1, 0.15) is 12.5 Å². The van der Waals surface area contributed by atoms with Crippen LogP contribution in [0.15, 0.2) is 47.5 Å². The van der Waals surface area contributed by atoms with E-state index in [9.17, 15) is 9.59 Å². The lowest BCUT2D eigenvalue weighted by atomic mass is 10.1. The Morgan fingerprint density at radius 1 is 1.33 bits per heavy atom. The lowest BCUT2D eigenvalue weighted by molar-refractivity contribution is -0.127. The summed E-state index contributed by atoms with van der Waals surface area (Å²) in [6.45, 7) is 6.45. The molecule has 1 fully saturated rings. The highest BCUT2D eigenvalue weighted by Crippen LogP contribution is 2.30. The van der Waals surface area contributed by atoms with E-state index in [1.165, 1.54) is 4.90 Å². The van der Waals surface area contributed by atoms with Crippen LogP contribution in [0.25, 0.3) is 0 Å². The van der Waals surface area contributed by atoms with Crippen LogP contribution < -0.4 is 5.32 Å². The van der Waals surface area contributed by atoms with Gasteiger partial charge in [0.25, 0.3) is 5.91 Å². The first-order valence-corrected chi connectivity index (χ1v) is 8.69. The van der Waals surface area contributed by atoms with Crippen molar-refractivity contribution in [3.63, 3.8) is 0 Å². The molecule has 2 unspecified atom stereocenters. The Kier molecular flexibility index (Phi) is 4.62. The largest absolute Gasteiger partial charge is 0.331 e. The summed E-state index contributed by atoms with van der Waals surface area (Å²) in [6.07, 6.45) is -0.484. The van der Waals surface area contributed by atoms with Gasteiger partial charge >= 0.3 is 6.03 Å². The van der Waals surface area contributed by atoms with E-state index < -0.39 is 18.2 Å². The molecule has 2 atom stereocenters. The maximum absolute atomic E-state index is 12.4. The lowest BCUT2D eigenvalue weighted by Gasteiger charge is -2.36. The van der Waals surface area contributed by atoms with Gasteiger partial charge in [0.15, 0.2) is 17.4 Å². The summed E-state index contributed by atoms with van der Waals surface area (Å²) in [5.74, 6) is 0.428. The number of imide groups is 1. The standard InChI is InChI=1S/C17H20N4O2S/c1-11(2)10-24-17-18-14-13(15(22)19-16(23)20(14)3)21(17)9-12-7-5-4-6-8-12/h4-8,13-14H,1,9-10H2,2-3H3,(H,19,22,23). The van der Waals surface area contributed by atoms with Gasteiger partial charge in [-0.25, -0.2) is 9.79 Å². The Morgan fingerprint density at radius 3 is 2.71 bits per heavy atom. The number of carbonyl (C=O) groups excluding carboxylic acids is 2. The van der Waals surface area contributed by atoms with Gasteiger partial charge in [0.1, 0.15) is 0 Å². The van der Waals surface area contributed by atoms with Gasteiger partial charge in [0, 0.05) is 19.3 Å². The summed E-state index contributed by atoms with van der Waals surface area (Å²) in [5, 5.41) is 3.18. The second kappa shape index (κ2) is 6.68. The van der Waals surface area contributed by atoms with E-state index in [-0.39, 0.29) is 5.91 Å². The van der Waals surface area contributed by atoms with Gasteiger partial charge in [-0.3, -0.25) is 10.1 Å². The van der Waals surface area contributed by atoms with Gasteiger partial charge in [-0.05, 0) is 12.5 Å². The van der Waals surface area contributed by atoms with Crippen molar-refractivity contribution in [2.45, 2.75) is 25.7 Å². The lowest BCUT2D eigenvalue weighted by Crippen LogP contribution is -2.63. The molecule has 1 aromatic rings. The van der Waals surface area contributed by atoms with Crippen molar-refractivity contribution >= 4 is 28.9 Å². The molecule has 126 valence electrons. The molecule has 0 spiro atoms. The summed E-state index contributed by atoms with van der Waals surface area (Å²) in [4.78, 5) is 32.4. The van der Waals surface area contributed by atoms with Crippen molar-refractivity contribution in [1.82, 2.24) is 15.1 Å². The monoisotopic (exact) mass is 344 g/mol. The molecule has 6 nitrogen and oxygen atoms in total. The number of fused-ring (bicyclic) bond motifs is 1. The average molecular weight is 344 g/mol. The fourth-order valence-corrected chi connectivity index (χ4v) is 3.66. The van der Waals surface area contributed by atoms with E-state index in [1.807, 2.05) is 42.2 Å². The van der Waals surface area contributed by atoms with E-state index in [0.29, 0.717) is 6.54 Å². The van der Waals surface area contributed by atoms with Crippen molar-refractivity contribution in [1.29, 1.82) is 0 Å². The zero-order valence-corrected chi connectivity index (χ0v) is 14.5. The highest BCUT2D eigenvalue weighted by atomic mass is 32.2. The van der Waals surface area contributed by atoms with Crippen molar-refractivity contribution in [3.05, 3.63) is 48.0 Å². The quantitative estimate of drug-likeness (QED) is 0.849. The Labute approximate surface area is 145 Å². The zero-order chi connectivity index (χ0) is 17.3. The number of carbonyl (C=O) groups is 2. The molecule has 1 saturated heterocycles. The number of thioether (sulfide) groups is 1. The van der Waals surface area contributed by atoms with Crippen LogP contribution in [-0.2, 0) is 11.3 Å². The molecule has 7 heteroatoms. The van der Waals surface area contributed by atoms with Gasteiger partial charge < -0.3 is 9.80 Å². The van der Waals surface area contributed by atoms with Crippen LogP contribution in [0.3, 0.4) is 0 Å². The maximum Gasteiger partial charge on any atom is 0.325 e. The second-order valence-corrected chi connectivity index (χ2v) is 6.98. The van der Waals surface area contributed by atoms with E-state index >= 15 is 0 Å². The Bertz CT molecular complexity index is 704. The molecule has 1 aromatic carbocycles. The topological polar surface area (TPSA) is 65.0 Å². The molecule has 24 heavy (non-hydrogen) atoms. The first-order chi connectivity index (χ1) is 11.5. The number of urea groups is 1. The van der Waals surface area contributed by atoms with Crippen LogP contribution in [0.5, 0.6) is 0 Å². The third-order valence-corrected chi connectivity index (χ3v) is 5.20. The van der Waals surface area contributed by atoms with Gasteiger partial charge in [-0.1, -0.05) is 54.2 Å².